The molecule has 0 aliphatic heterocycles. The van der Waals surface area contributed by atoms with Crippen molar-refractivity contribution in [3.8, 4) is 5.75 Å². The third kappa shape index (κ3) is 3.89. The van der Waals surface area contributed by atoms with Crippen molar-refractivity contribution in [1.82, 2.24) is 4.57 Å². The fourth-order valence-corrected chi connectivity index (χ4v) is 2.77. The highest BCUT2D eigenvalue weighted by molar-refractivity contribution is 5.95. The molecule has 1 N–H and O–H groups in total. The monoisotopic (exact) mass is 353 g/mol. The van der Waals surface area contributed by atoms with Crippen LogP contribution in [0.25, 0.3) is 10.9 Å². The second-order valence-electron chi connectivity index (χ2n) is 7.09. The molecule has 3 rings (SSSR count). The van der Waals surface area contributed by atoms with Crippen molar-refractivity contribution in [2.75, 3.05) is 0 Å². The van der Waals surface area contributed by atoms with E-state index >= 15 is 0 Å². The minimum atomic E-state index is -0.603. The molecule has 1 aromatic heterocycles. The number of rotatable bonds is 4. The van der Waals surface area contributed by atoms with E-state index in [0.717, 1.165) is 10.9 Å². The molecule has 0 unspecified atom stereocenters. The van der Waals surface area contributed by atoms with Crippen molar-refractivity contribution in [3.05, 3.63) is 65.9 Å². The maximum Gasteiger partial charge on any atom is 0.419 e. The minimum Gasteiger partial charge on any atom is -0.488 e. The van der Waals surface area contributed by atoms with E-state index in [2.05, 4.69) is 0 Å². The van der Waals surface area contributed by atoms with E-state index in [0.29, 0.717) is 23.4 Å². The van der Waals surface area contributed by atoms with E-state index < -0.39 is 11.7 Å². The molecule has 0 aliphatic rings. The molecular weight excluding hydrogens is 330 g/mol. The number of nitrogens with zero attached hydrogens (tertiary/aromatic N) is 1. The lowest BCUT2D eigenvalue weighted by Gasteiger charge is -2.19. The summed E-state index contributed by atoms with van der Waals surface area (Å²) in [4.78, 5) is 12.5. The van der Waals surface area contributed by atoms with Crippen molar-refractivity contribution >= 4 is 17.0 Å². The summed E-state index contributed by atoms with van der Waals surface area (Å²) in [6.07, 6.45) is 1.12. The second-order valence-corrected chi connectivity index (χ2v) is 7.09. The topological polar surface area (TPSA) is 60.7 Å². The molecule has 0 saturated heterocycles. The number of aliphatic hydroxyl groups excluding tert-OH is 1. The average molecular weight is 353 g/mol. The number of carbonyl (C=O) groups excluding carboxylic acids is 1. The Morgan fingerprint density at radius 2 is 1.81 bits per heavy atom. The zero-order chi connectivity index (χ0) is 18.7. The first kappa shape index (κ1) is 18.0. The van der Waals surface area contributed by atoms with Gasteiger partial charge in [0.1, 0.15) is 18.0 Å². The lowest BCUT2D eigenvalue weighted by Crippen LogP contribution is -2.26. The molecule has 0 radical (unpaired) electrons. The van der Waals surface area contributed by atoms with Crippen LogP contribution in [0.1, 0.15) is 31.9 Å². The van der Waals surface area contributed by atoms with Crippen molar-refractivity contribution in [2.24, 2.45) is 0 Å². The summed E-state index contributed by atoms with van der Waals surface area (Å²) in [5.41, 5.74) is 1.71. The van der Waals surface area contributed by atoms with Gasteiger partial charge in [0.2, 0.25) is 0 Å². The van der Waals surface area contributed by atoms with Gasteiger partial charge in [-0.25, -0.2) is 4.79 Å². The first-order chi connectivity index (χ1) is 12.4. The van der Waals surface area contributed by atoms with Crippen molar-refractivity contribution in [1.29, 1.82) is 0 Å². The summed E-state index contributed by atoms with van der Waals surface area (Å²) in [6, 6.07) is 15.3. The van der Waals surface area contributed by atoms with Gasteiger partial charge in [0.15, 0.2) is 0 Å². The molecule has 0 aliphatic carbocycles. The smallest absolute Gasteiger partial charge is 0.419 e. The Kier molecular flexibility index (Phi) is 5.00. The highest BCUT2D eigenvalue weighted by Crippen LogP contribution is 2.32. The van der Waals surface area contributed by atoms with Gasteiger partial charge in [-0.1, -0.05) is 36.4 Å². The van der Waals surface area contributed by atoms with Gasteiger partial charge in [-0.3, -0.25) is 4.57 Å². The number of carbonyl (C=O) groups is 1. The summed E-state index contributed by atoms with van der Waals surface area (Å²) in [7, 11) is 0. The summed E-state index contributed by atoms with van der Waals surface area (Å²) in [6.45, 7) is 5.66. The standard InChI is InChI=1S/C21H23NO4/c1-21(2,3)26-20(24)22-12-16(13-23)19-17(22)10-7-11-18(19)25-14-15-8-5-4-6-9-15/h4-12,23H,13-14H2,1-3H3. The number of fused-ring (bicyclic) bond motifs is 1. The van der Waals surface area contributed by atoms with E-state index in [-0.39, 0.29) is 6.61 Å². The third-order valence-corrected chi connectivity index (χ3v) is 3.87. The molecule has 0 atom stereocenters. The Bertz CT molecular complexity index is 907. The Hall–Kier alpha value is -2.79. The van der Waals surface area contributed by atoms with Crippen LogP contribution >= 0.6 is 0 Å². The third-order valence-electron chi connectivity index (χ3n) is 3.87. The number of hydrogen-bond acceptors (Lipinski definition) is 4. The zero-order valence-corrected chi connectivity index (χ0v) is 15.2. The van der Waals surface area contributed by atoms with Crippen LogP contribution in [-0.4, -0.2) is 21.4 Å². The lowest BCUT2D eigenvalue weighted by molar-refractivity contribution is 0.0544. The van der Waals surface area contributed by atoms with Gasteiger partial charge in [0.05, 0.1) is 12.1 Å². The summed E-state index contributed by atoms with van der Waals surface area (Å²) >= 11 is 0. The lowest BCUT2D eigenvalue weighted by atomic mass is 10.1. The molecule has 0 saturated carbocycles. The van der Waals surface area contributed by atoms with Crippen LogP contribution < -0.4 is 4.74 Å². The molecule has 0 spiro atoms. The predicted octanol–water partition coefficient (Wildman–Crippen LogP) is 4.50. The number of ether oxygens (including phenoxy) is 2. The fourth-order valence-electron chi connectivity index (χ4n) is 2.77. The van der Waals surface area contributed by atoms with Crippen LogP contribution in [0.4, 0.5) is 4.79 Å². The summed E-state index contributed by atoms with van der Waals surface area (Å²) in [5, 5.41) is 10.5. The summed E-state index contributed by atoms with van der Waals surface area (Å²) < 4.78 is 12.8. The molecule has 3 aromatic rings. The van der Waals surface area contributed by atoms with Gasteiger partial charge in [-0.2, -0.15) is 0 Å². The highest BCUT2D eigenvalue weighted by atomic mass is 16.6. The van der Waals surface area contributed by atoms with E-state index in [9.17, 15) is 9.90 Å². The van der Waals surface area contributed by atoms with Crippen molar-refractivity contribution < 1.29 is 19.4 Å². The van der Waals surface area contributed by atoms with Gasteiger partial charge in [-0.05, 0) is 38.5 Å². The fraction of sp³-hybridized carbons (Fsp3) is 0.286. The van der Waals surface area contributed by atoms with E-state index in [1.54, 1.807) is 6.20 Å². The molecule has 1 heterocycles. The molecular formula is C21H23NO4. The van der Waals surface area contributed by atoms with Gasteiger partial charge in [0.25, 0.3) is 0 Å². The molecule has 0 fully saturated rings. The van der Waals surface area contributed by atoms with Gasteiger partial charge in [0, 0.05) is 17.1 Å². The van der Waals surface area contributed by atoms with Gasteiger partial charge >= 0.3 is 6.09 Å². The molecule has 2 aromatic carbocycles. The van der Waals surface area contributed by atoms with Crippen LogP contribution in [0.2, 0.25) is 0 Å². The molecule has 0 bridgehead atoms. The Morgan fingerprint density at radius 3 is 2.46 bits per heavy atom. The Labute approximate surface area is 152 Å². The molecule has 5 nitrogen and oxygen atoms in total. The van der Waals surface area contributed by atoms with E-state index in [4.69, 9.17) is 9.47 Å². The van der Waals surface area contributed by atoms with Crippen LogP contribution in [0.15, 0.2) is 54.7 Å². The van der Waals surface area contributed by atoms with Crippen molar-refractivity contribution in [2.45, 2.75) is 39.6 Å². The van der Waals surface area contributed by atoms with Gasteiger partial charge in [-0.15, -0.1) is 0 Å². The number of aromatic nitrogens is 1. The van der Waals surface area contributed by atoms with Crippen LogP contribution in [0.5, 0.6) is 5.75 Å². The summed E-state index contributed by atoms with van der Waals surface area (Å²) in [5.74, 6) is 0.623. The Balaban J connectivity index is 1.97. The molecule has 136 valence electrons. The molecule has 5 heteroatoms. The minimum absolute atomic E-state index is 0.196. The first-order valence-corrected chi connectivity index (χ1v) is 8.53. The normalized spacial score (nSPS) is 11.5. The van der Waals surface area contributed by atoms with E-state index in [1.807, 2.05) is 69.3 Å². The zero-order valence-electron chi connectivity index (χ0n) is 15.2. The van der Waals surface area contributed by atoms with Crippen LogP contribution in [0.3, 0.4) is 0 Å². The largest absolute Gasteiger partial charge is 0.488 e. The Morgan fingerprint density at radius 1 is 1.08 bits per heavy atom. The predicted molar refractivity (Wildman–Crippen MR) is 100 cm³/mol. The van der Waals surface area contributed by atoms with Crippen molar-refractivity contribution in [3.63, 3.8) is 0 Å². The number of benzene rings is 2. The average Bonchev–Trinajstić information content (AvgIpc) is 2.99. The SMILES string of the molecule is CC(C)(C)OC(=O)n1cc(CO)c2c(OCc3ccccc3)cccc21. The van der Waals surface area contributed by atoms with E-state index in [1.165, 1.54) is 4.57 Å². The highest BCUT2D eigenvalue weighted by Gasteiger charge is 2.22. The number of hydrogen-bond donors (Lipinski definition) is 1. The molecule has 0 amide bonds. The molecule has 26 heavy (non-hydrogen) atoms. The second kappa shape index (κ2) is 7.22. The number of aliphatic hydroxyl groups is 1. The quantitative estimate of drug-likeness (QED) is 0.750. The van der Waals surface area contributed by atoms with Gasteiger partial charge < -0.3 is 14.6 Å². The van der Waals surface area contributed by atoms with Crippen LogP contribution in [-0.2, 0) is 18.0 Å². The maximum atomic E-state index is 12.5. The maximum absolute atomic E-state index is 12.5. The first-order valence-electron chi connectivity index (χ1n) is 8.53. The van der Waals surface area contributed by atoms with Crippen LogP contribution in [0, 0.1) is 0 Å².